The predicted octanol–water partition coefficient (Wildman–Crippen LogP) is 5.61. The van der Waals surface area contributed by atoms with E-state index in [1.165, 1.54) is 23.1 Å². The van der Waals surface area contributed by atoms with E-state index < -0.39 is 0 Å². The van der Waals surface area contributed by atoms with Gasteiger partial charge in [0.05, 0.1) is 11.3 Å². The fourth-order valence-electron chi connectivity index (χ4n) is 3.61. The summed E-state index contributed by atoms with van der Waals surface area (Å²) < 4.78 is 0. The molecule has 3 aromatic rings. The number of benzene rings is 2. The molecular weight excluding hydrogens is 332 g/mol. The zero-order valence-electron chi connectivity index (χ0n) is 15.8. The molecule has 1 aromatic heterocycles. The number of pyridine rings is 1. The molecule has 0 saturated heterocycles. The number of aromatic nitrogens is 1. The van der Waals surface area contributed by atoms with Gasteiger partial charge in [0, 0.05) is 17.4 Å². The molecule has 0 saturated carbocycles. The first kappa shape index (κ1) is 17.5. The van der Waals surface area contributed by atoms with Gasteiger partial charge in [0.15, 0.2) is 0 Å². The molecule has 0 unspecified atom stereocenters. The molecule has 1 heterocycles. The third-order valence-electron chi connectivity index (χ3n) is 5.23. The maximum Gasteiger partial charge on any atom is 0.257 e. The number of carbonyl (C=O) groups excluding carboxylic acids is 1. The van der Waals surface area contributed by atoms with Crippen LogP contribution in [-0.4, -0.2) is 10.9 Å². The Balaban J connectivity index is 1.50. The van der Waals surface area contributed by atoms with Gasteiger partial charge < -0.3 is 5.32 Å². The number of hydrogen-bond donors (Lipinski definition) is 1. The standard InChI is InChI=1S/C24H24N2O/c1-16(2)18-6-4-8-20(13-18)23-12-10-21(15-25-23)24(27)26-22-11-9-17-5-3-7-19(17)14-22/h4,6,8-16H,3,5,7H2,1-2H3,(H,26,27). The smallest absolute Gasteiger partial charge is 0.257 e. The first-order valence-electron chi connectivity index (χ1n) is 9.60. The number of nitrogens with zero attached hydrogens (tertiary/aromatic N) is 1. The quantitative estimate of drug-likeness (QED) is 0.660. The largest absolute Gasteiger partial charge is 0.322 e. The summed E-state index contributed by atoms with van der Waals surface area (Å²) in [6.45, 7) is 4.36. The summed E-state index contributed by atoms with van der Waals surface area (Å²) in [5.41, 5.74) is 7.42. The van der Waals surface area contributed by atoms with Crippen LogP contribution in [0, 0.1) is 0 Å². The molecule has 3 heteroatoms. The van der Waals surface area contributed by atoms with Gasteiger partial charge in [-0.2, -0.15) is 0 Å². The average molecular weight is 356 g/mol. The van der Waals surface area contributed by atoms with Crippen LogP contribution < -0.4 is 5.32 Å². The lowest BCUT2D eigenvalue weighted by molar-refractivity contribution is 0.102. The van der Waals surface area contributed by atoms with Gasteiger partial charge in [0.1, 0.15) is 0 Å². The minimum atomic E-state index is -0.122. The molecule has 136 valence electrons. The fraction of sp³-hybridized carbons (Fsp3) is 0.250. The van der Waals surface area contributed by atoms with Crippen molar-refractivity contribution in [1.29, 1.82) is 0 Å². The van der Waals surface area contributed by atoms with E-state index in [-0.39, 0.29) is 5.91 Å². The van der Waals surface area contributed by atoms with Crippen LogP contribution in [0.25, 0.3) is 11.3 Å². The van der Waals surface area contributed by atoms with Crippen LogP contribution in [0.2, 0.25) is 0 Å². The lowest BCUT2D eigenvalue weighted by Crippen LogP contribution is -2.12. The van der Waals surface area contributed by atoms with Crippen molar-refractivity contribution in [2.45, 2.75) is 39.0 Å². The van der Waals surface area contributed by atoms with Gasteiger partial charge >= 0.3 is 0 Å². The number of carbonyl (C=O) groups is 1. The Kier molecular flexibility index (Phi) is 4.76. The first-order valence-corrected chi connectivity index (χ1v) is 9.60. The highest BCUT2D eigenvalue weighted by Gasteiger charge is 2.13. The van der Waals surface area contributed by atoms with E-state index in [0.717, 1.165) is 29.8 Å². The van der Waals surface area contributed by atoms with Crippen molar-refractivity contribution in [3.63, 3.8) is 0 Å². The maximum atomic E-state index is 12.6. The summed E-state index contributed by atoms with van der Waals surface area (Å²) in [5, 5.41) is 2.99. The monoisotopic (exact) mass is 356 g/mol. The second-order valence-electron chi connectivity index (χ2n) is 7.50. The van der Waals surface area contributed by atoms with Gasteiger partial charge in [0.2, 0.25) is 0 Å². The fourth-order valence-corrected chi connectivity index (χ4v) is 3.61. The van der Waals surface area contributed by atoms with Crippen molar-refractivity contribution in [2.24, 2.45) is 0 Å². The van der Waals surface area contributed by atoms with E-state index in [1.54, 1.807) is 6.20 Å². The van der Waals surface area contributed by atoms with Crippen molar-refractivity contribution in [3.8, 4) is 11.3 Å². The molecular formula is C24H24N2O. The van der Waals surface area contributed by atoms with Crippen LogP contribution in [0.1, 0.15) is 53.2 Å². The third-order valence-corrected chi connectivity index (χ3v) is 5.23. The van der Waals surface area contributed by atoms with Gasteiger partial charge in [-0.05, 0) is 72.2 Å². The van der Waals surface area contributed by atoms with E-state index in [1.807, 2.05) is 18.2 Å². The highest BCUT2D eigenvalue weighted by atomic mass is 16.1. The minimum absolute atomic E-state index is 0.122. The van der Waals surface area contributed by atoms with Gasteiger partial charge in [-0.3, -0.25) is 9.78 Å². The lowest BCUT2D eigenvalue weighted by atomic mass is 9.99. The van der Waals surface area contributed by atoms with Crippen molar-refractivity contribution < 1.29 is 4.79 Å². The molecule has 3 nitrogen and oxygen atoms in total. The van der Waals surface area contributed by atoms with Crippen LogP contribution >= 0.6 is 0 Å². The number of anilines is 1. The Labute approximate surface area is 160 Å². The summed E-state index contributed by atoms with van der Waals surface area (Å²) in [7, 11) is 0. The second-order valence-corrected chi connectivity index (χ2v) is 7.50. The van der Waals surface area contributed by atoms with Gasteiger partial charge in [0.25, 0.3) is 5.91 Å². The van der Waals surface area contributed by atoms with Crippen LogP contribution in [-0.2, 0) is 12.8 Å². The third kappa shape index (κ3) is 3.77. The van der Waals surface area contributed by atoms with E-state index in [0.29, 0.717) is 11.5 Å². The van der Waals surface area contributed by atoms with Crippen LogP contribution in [0.4, 0.5) is 5.69 Å². The molecule has 0 radical (unpaired) electrons. The Hall–Kier alpha value is -2.94. The lowest BCUT2D eigenvalue weighted by Gasteiger charge is -2.09. The summed E-state index contributed by atoms with van der Waals surface area (Å²) >= 11 is 0. The van der Waals surface area contributed by atoms with E-state index in [4.69, 9.17) is 0 Å². The number of amides is 1. The predicted molar refractivity (Wildman–Crippen MR) is 110 cm³/mol. The Morgan fingerprint density at radius 1 is 1.00 bits per heavy atom. The van der Waals surface area contributed by atoms with Crippen molar-refractivity contribution >= 4 is 11.6 Å². The molecule has 2 aromatic carbocycles. The second kappa shape index (κ2) is 7.36. The van der Waals surface area contributed by atoms with Crippen molar-refractivity contribution in [3.05, 3.63) is 83.0 Å². The number of hydrogen-bond acceptors (Lipinski definition) is 2. The van der Waals surface area contributed by atoms with E-state index in [9.17, 15) is 4.79 Å². The van der Waals surface area contributed by atoms with Crippen LogP contribution in [0.5, 0.6) is 0 Å². The Bertz CT molecular complexity index is 974. The summed E-state index contributed by atoms with van der Waals surface area (Å²) in [5.74, 6) is 0.352. The first-order chi connectivity index (χ1) is 13.1. The maximum absolute atomic E-state index is 12.6. The Morgan fingerprint density at radius 2 is 1.85 bits per heavy atom. The molecule has 27 heavy (non-hydrogen) atoms. The zero-order valence-corrected chi connectivity index (χ0v) is 15.8. The number of aryl methyl sites for hydroxylation is 2. The number of rotatable bonds is 4. The van der Waals surface area contributed by atoms with Crippen LogP contribution in [0.3, 0.4) is 0 Å². The minimum Gasteiger partial charge on any atom is -0.322 e. The van der Waals surface area contributed by atoms with Gasteiger partial charge in [-0.25, -0.2) is 0 Å². The van der Waals surface area contributed by atoms with Crippen molar-refractivity contribution in [1.82, 2.24) is 4.98 Å². The highest BCUT2D eigenvalue weighted by Crippen LogP contribution is 2.26. The normalized spacial score (nSPS) is 12.9. The molecule has 0 fully saturated rings. The Morgan fingerprint density at radius 3 is 2.63 bits per heavy atom. The molecule has 1 N–H and O–H groups in total. The van der Waals surface area contributed by atoms with Gasteiger partial charge in [-0.1, -0.05) is 38.1 Å². The SMILES string of the molecule is CC(C)c1cccc(-c2ccc(C(=O)Nc3ccc4c(c3)CCC4)cn2)c1. The molecule has 4 rings (SSSR count). The summed E-state index contributed by atoms with van der Waals surface area (Å²) in [6, 6.07) is 18.4. The zero-order chi connectivity index (χ0) is 18.8. The number of fused-ring (bicyclic) bond motifs is 1. The molecule has 1 aliphatic rings. The van der Waals surface area contributed by atoms with Gasteiger partial charge in [-0.15, -0.1) is 0 Å². The molecule has 0 spiro atoms. The van der Waals surface area contributed by atoms with Crippen molar-refractivity contribution in [2.75, 3.05) is 5.32 Å². The molecule has 0 aliphatic heterocycles. The molecule has 0 bridgehead atoms. The summed E-state index contributed by atoms with van der Waals surface area (Å²) in [4.78, 5) is 17.1. The average Bonchev–Trinajstić information content (AvgIpc) is 3.16. The van der Waals surface area contributed by atoms with E-state index in [2.05, 4.69) is 60.5 Å². The van der Waals surface area contributed by atoms with Crippen LogP contribution in [0.15, 0.2) is 60.8 Å². The topological polar surface area (TPSA) is 42.0 Å². The highest BCUT2D eigenvalue weighted by molar-refractivity contribution is 6.04. The molecule has 1 aliphatic carbocycles. The molecule has 1 amide bonds. The van der Waals surface area contributed by atoms with E-state index >= 15 is 0 Å². The molecule has 0 atom stereocenters. The number of nitrogens with one attached hydrogen (secondary N) is 1. The summed E-state index contributed by atoms with van der Waals surface area (Å²) in [6.07, 6.45) is 5.11.